The first-order valence-electron chi connectivity index (χ1n) is 5.17. The molecule has 3 nitrogen and oxygen atoms in total. The minimum Gasteiger partial charge on any atom is -0.396 e. The zero-order valence-corrected chi connectivity index (χ0v) is 8.83. The highest BCUT2D eigenvalue weighted by molar-refractivity contribution is 5.85. The molecule has 0 fully saturated rings. The summed E-state index contributed by atoms with van der Waals surface area (Å²) in [6.07, 6.45) is 0.600. The third-order valence-corrected chi connectivity index (χ3v) is 2.75. The van der Waals surface area contributed by atoms with E-state index >= 15 is 0 Å². The third-order valence-electron chi connectivity index (χ3n) is 2.75. The Hall–Kier alpha value is -1.32. The predicted molar refractivity (Wildman–Crippen MR) is 61.7 cm³/mol. The average molecular weight is 204 g/mol. The molecule has 1 aromatic carbocycles. The number of para-hydroxylation sites is 1. The number of aryl methyl sites for hydroxylation is 1. The summed E-state index contributed by atoms with van der Waals surface area (Å²) in [5.74, 6) is 0. The van der Waals surface area contributed by atoms with Gasteiger partial charge in [0, 0.05) is 29.2 Å². The molecule has 15 heavy (non-hydrogen) atoms. The van der Waals surface area contributed by atoms with E-state index in [0.717, 1.165) is 22.2 Å². The van der Waals surface area contributed by atoms with Crippen LogP contribution < -0.4 is 5.73 Å². The van der Waals surface area contributed by atoms with Crippen molar-refractivity contribution < 1.29 is 5.11 Å². The van der Waals surface area contributed by atoms with Gasteiger partial charge >= 0.3 is 0 Å². The Morgan fingerprint density at radius 3 is 2.87 bits per heavy atom. The topological polar surface area (TPSA) is 62.0 Å². The Kier molecular flexibility index (Phi) is 2.75. The Balaban J connectivity index is 2.53. The van der Waals surface area contributed by atoms with Crippen LogP contribution in [0.15, 0.2) is 24.3 Å². The molecule has 0 aliphatic rings. The number of nitrogens with two attached hydrogens (primary N) is 1. The Morgan fingerprint density at radius 2 is 2.13 bits per heavy atom. The number of H-pyrrole nitrogens is 1. The molecule has 0 amide bonds. The van der Waals surface area contributed by atoms with E-state index in [0.29, 0.717) is 6.42 Å². The number of aliphatic hydroxyl groups excluding tert-OH is 1. The van der Waals surface area contributed by atoms with E-state index in [4.69, 9.17) is 10.8 Å². The molecule has 4 N–H and O–H groups in total. The molecule has 0 saturated carbocycles. The van der Waals surface area contributed by atoms with Crippen molar-refractivity contribution in [1.29, 1.82) is 0 Å². The fraction of sp³-hybridized carbons (Fsp3) is 0.333. The quantitative estimate of drug-likeness (QED) is 0.714. The van der Waals surface area contributed by atoms with Gasteiger partial charge in [-0.3, -0.25) is 0 Å². The second-order valence-electron chi connectivity index (χ2n) is 3.83. The summed E-state index contributed by atoms with van der Waals surface area (Å²) < 4.78 is 0. The number of fused-ring (bicyclic) bond motifs is 1. The summed E-state index contributed by atoms with van der Waals surface area (Å²) in [5.41, 5.74) is 9.37. The highest BCUT2D eigenvalue weighted by Crippen LogP contribution is 2.27. The predicted octanol–water partition coefficient (Wildman–Crippen LogP) is 1.86. The highest BCUT2D eigenvalue weighted by atomic mass is 16.3. The molecular weight excluding hydrogens is 188 g/mol. The van der Waals surface area contributed by atoms with Gasteiger partial charge in [0.2, 0.25) is 0 Å². The smallest absolute Gasteiger partial charge is 0.0459 e. The zero-order chi connectivity index (χ0) is 10.8. The van der Waals surface area contributed by atoms with E-state index in [-0.39, 0.29) is 12.6 Å². The maximum atomic E-state index is 8.91. The summed E-state index contributed by atoms with van der Waals surface area (Å²) in [7, 11) is 0. The largest absolute Gasteiger partial charge is 0.396 e. The van der Waals surface area contributed by atoms with E-state index in [1.807, 2.05) is 25.1 Å². The van der Waals surface area contributed by atoms with E-state index < -0.39 is 0 Å². The first-order chi connectivity index (χ1) is 7.24. The van der Waals surface area contributed by atoms with Crippen molar-refractivity contribution in [3.63, 3.8) is 0 Å². The minimum atomic E-state index is -0.0915. The highest BCUT2D eigenvalue weighted by Gasteiger charge is 2.14. The van der Waals surface area contributed by atoms with Gasteiger partial charge in [0.05, 0.1) is 0 Å². The molecular formula is C12H16N2O. The van der Waals surface area contributed by atoms with Gasteiger partial charge in [-0.2, -0.15) is 0 Å². The average Bonchev–Trinajstić information content (AvgIpc) is 2.54. The van der Waals surface area contributed by atoms with Crippen molar-refractivity contribution in [3.05, 3.63) is 35.5 Å². The first-order valence-corrected chi connectivity index (χ1v) is 5.17. The number of benzene rings is 1. The number of rotatable bonds is 3. The Labute approximate surface area is 88.9 Å². The summed E-state index contributed by atoms with van der Waals surface area (Å²) >= 11 is 0. The fourth-order valence-corrected chi connectivity index (χ4v) is 2.06. The van der Waals surface area contributed by atoms with Crippen LogP contribution in [0.1, 0.15) is 23.7 Å². The van der Waals surface area contributed by atoms with E-state index in [1.54, 1.807) is 0 Å². The maximum Gasteiger partial charge on any atom is 0.0459 e. The molecule has 1 aromatic heterocycles. The second-order valence-corrected chi connectivity index (χ2v) is 3.83. The number of aliphatic hydroxyl groups is 1. The van der Waals surface area contributed by atoms with E-state index in [9.17, 15) is 0 Å². The summed E-state index contributed by atoms with van der Waals surface area (Å²) in [6.45, 7) is 2.15. The molecule has 1 heterocycles. The lowest BCUT2D eigenvalue weighted by molar-refractivity contribution is 0.276. The standard InChI is InChI=1S/C12H16N2O/c1-8-12(10(13)6-7-15)9-4-2-3-5-11(9)14-8/h2-5,10,14-15H,6-7,13H2,1H3. The van der Waals surface area contributed by atoms with Crippen LogP contribution in [0.3, 0.4) is 0 Å². The Bertz CT molecular complexity index is 462. The lowest BCUT2D eigenvalue weighted by Gasteiger charge is -2.10. The van der Waals surface area contributed by atoms with Crippen LogP contribution in [0.25, 0.3) is 10.9 Å². The minimum absolute atomic E-state index is 0.0915. The van der Waals surface area contributed by atoms with Gasteiger partial charge in [-0.05, 0) is 25.0 Å². The number of aromatic nitrogens is 1. The number of hydrogen-bond acceptors (Lipinski definition) is 2. The van der Waals surface area contributed by atoms with Crippen molar-refractivity contribution in [2.45, 2.75) is 19.4 Å². The molecule has 80 valence electrons. The van der Waals surface area contributed by atoms with Gasteiger partial charge in [0.15, 0.2) is 0 Å². The fourth-order valence-electron chi connectivity index (χ4n) is 2.06. The lowest BCUT2D eigenvalue weighted by atomic mass is 10.0. The molecule has 0 aliphatic heterocycles. The van der Waals surface area contributed by atoms with Crippen LogP contribution in [-0.4, -0.2) is 16.7 Å². The van der Waals surface area contributed by atoms with Gasteiger partial charge in [0.1, 0.15) is 0 Å². The van der Waals surface area contributed by atoms with E-state index in [1.165, 1.54) is 0 Å². The summed E-state index contributed by atoms with van der Waals surface area (Å²) in [6, 6.07) is 8.01. The van der Waals surface area contributed by atoms with Crippen molar-refractivity contribution in [2.24, 2.45) is 5.73 Å². The molecule has 0 spiro atoms. The molecule has 1 atom stereocenters. The second kappa shape index (κ2) is 4.04. The Morgan fingerprint density at radius 1 is 1.40 bits per heavy atom. The van der Waals surface area contributed by atoms with Gasteiger partial charge < -0.3 is 15.8 Å². The van der Waals surface area contributed by atoms with Gasteiger partial charge in [-0.25, -0.2) is 0 Å². The SMILES string of the molecule is Cc1[nH]c2ccccc2c1C(N)CCO. The van der Waals surface area contributed by atoms with Gasteiger partial charge in [-0.15, -0.1) is 0 Å². The number of hydrogen-bond donors (Lipinski definition) is 3. The molecule has 0 saturated heterocycles. The molecule has 3 heteroatoms. The molecule has 0 bridgehead atoms. The summed E-state index contributed by atoms with van der Waals surface area (Å²) in [5, 5.41) is 10.1. The first kappa shape index (κ1) is 10.2. The normalized spacial score (nSPS) is 13.3. The zero-order valence-electron chi connectivity index (χ0n) is 8.83. The van der Waals surface area contributed by atoms with Crippen LogP contribution in [0.4, 0.5) is 0 Å². The molecule has 0 radical (unpaired) electrons. The maximum absolute atomic E-state index is 8.91. The van der Waals surface area contributed by atoms with Crippen LogP contribution >= 0.6 is 0 Å². The van der Waals surface area contributed by atoms with Crippen molar-refractivity contribution in [2.75, 3.05) is 6.61 Å². The number of nitrogens with one attached hydrogen (secondary N) is 1. The van der Waals surface area contributed by atoms with Crippen molar-refractivity contribution >= 4 is 10.9 Å². The van der Waals surface area contributed by atoms with Gasteiger partial charge in [0.25, 0.3) is 0 Å². The van der Waals surface area contributed by atoms with Crippen molar-refractivity contribution in [1.82, 2.24) is 4.98 Å². The molecule has 1 unspecified atom stereocenters. The van der Waals surface area contributed by atoms with Crippen LogP contribution in [0.5, 0.6) is 0 Å². The summed E-state index contributed by atoms with van der Waals surface area (Å²) in [4.78, 5) is 3.30. The monoisotopic (exact) mass is 204 g/mol. The van der Waals surface area contributed by atoms with Crippen LogP contribution in [0, 0.1) is 6.92 Å². The van der Waals surface area contributed by atoms with Crippen LogP contribution in [-0.2, 0) is 0 Å². The molecule has 2 aromatic rings. The number of aromatic amines is 1. The van der Waals surface area contributed by atoms with Crippen LogP contribution in [0.2, 0.25) is 0 Å². The third kappa shape index (κ3) is 1.76. The van der Waals surface area contributed by atoms with Crippen molar-refractivity contribution in [3.8, 4) is 0 Å². The molecule has 0 aliphatic carbocycles. The lowest BCUT2D eigenvalue weighted by Crippen LogP contribution is -2.12. The van der Waals surface area contributed by atoms with E-state index in [2.05, 4.69) is 11.1 Å². The van der Waals surface area contributed by atoms with Gasteiger partial charge in [-0.1, -0.05) is 18.2 Å². The molecule has 2 rings (SSSR count).